The molecule has 0 aliphatic carbocycles. The second kappa shape index (κ2) is 5.94. The van der Waals surface area contributed by atoms with Crippen LogP contribution in [0.3, 0.4) is 0 Å². The van der Waals surface area contributed by atoms with Crippen molar-refractivity contribution in [3.63, 3.8) is 0 Å². The molecule has 0 saturated heterocycles. The first kappa shape index (κ1) is 14.4. The van der Waals surface area contributed by atoms with E-state index >= 15 is 0 Å². The predicted molar refractivity (Wildman–Crippen MR) is 73.7 cm³/mol. The average Bonchev–Trinajstić information content (AvgIpc) is 2.48. The van der Waals surface area contributed by atoms with Crippen molar-refractivity contribution in [1.82, 2.24) is 0 Å². The minimum absolute atomic E-state index is 0.127. The Hall–Kier alpha value is -2.04. The number of hydrogen-bond donors (Lipinski definition) is 1. The molecule has 0 saturated carbocycles. The van der Waals surface area contributed by atoms with E-state index in [1.165, 1.54) is 0 Å². The molecule has 6 heteroatoms. The third-order valence-corrected chi connectivity index (χ3v) is 3.58. The number of unbranched alkanes of at least 4 members (excludes halogenated alkanes) is 1. The zero-order valence-corrected chi connectivity index (χ0v) is 11.3. The fraction of sp³-hybridized carbons (Fsp3) is 0.500. The van der Waals surface area contributed by atoms with Gasteiger partial charge in [0.1, 0.15) is 12.4 Å². The molecule has 1 N–H and O–H groups in total. The Kier molecular flexibility index (Phi) is 4.27. The van der Waals surface area contributed by atoms with Crippen LogP contribution in [-0.2, 0) is 0 Å². The number of ketones is 1. The van der Waals surface area contributed by atoms with Gasteiger partial charge in [0.15, 0.2) is 11.3 Å². The number of para-hydroxylation sites is 1. The Balaban J connectivity index is 2.40. The van der Waals surface area contributed by atoms with Gasteiger partial charge in [0.05, 0.1) is 11.7 Å². The number of Topliss-reactive ketones (excluding diaryl/α,β-unsaturated/α-hetero) is 1. The van der Waals surface area contributed by atoms with Crippen LogP contribution in [0.4, 0.5) is 0 Å². The molecule has 0 bridgehead atoms. The number of azide groups is 1. The molecular formula is C14H17N3O3. The van der Waals surface area contributed by atoms with Crippen LogP contribution in [0.15, 0.2) is 29.4 Å². The maximum atomic E-state index is 12.6. The summed E-state index contributed by atoms with van der Waals surface area (Å²) in [6.07, 6.45) is 0.986. The van der Waals surface area contributed by atoms with Gasteiger partial charge in [-0.25, -0.2) is 0 Å². The summed E-state index contributed by atoms with van der Waals surface area (Å²) in [5, 5.41) is 13.9. The van der Waals surface area contributed by atoms with Crippen molar-refractivity contribution in [2.45, 2.75) is 37.8 Å². The summed E-state index contributed by atoms with van der Waals surface area (Å²) in [7, 11) is 0. The molecule has 1 aromatic carbocycles. The van der Waals surface area contributed by atoms with Gasteiger partial charge < -0.3 is 9.84 Å². The summed E-state index contributed by atoms with van der Waals surface area (Å²) in [5.74, 6) is 0.0877. The minimum atomic E-state index is -1.56. The van der Waals surface area contributed by atoms with E-state index in [4.69, 9.17) is 10.3 Å². The van der Waals surface area contributed by atoms with Crippen molar-refractivity contribution in [1.29, 1.82) is 0 Å². The fourth-order valence-corrected chi connectivity index (χ4v) is 2.37. The van der Waals surface area contributed by atoms with Gasteiger partial charge in [-0.05, 0) is 24.1 Å². The number of carbonyl (C=O) groups is 1. The summed E-state index contributed by atoms with van der Waals surface area (Å²) in [5.41, 5.74) is 7.55. The lowest BCUT2D eigenvalue weighted by molar-refractivity contribution is 0.0305. The zero-order valence-electron chi connectivity index (χ0n) is 11.3. The predicted octanol–water partition coefficient (Wildman–Crippen LogP) is 2.86. The minimum Gasteiger partial charge on any atom is -0.492 e. The van der Waals surface area contributed by atoms with E-state index in [-0.39, 0.29) is 12.4 Å². The molecule has 1 aromatic rings. The van der Waals surface area contributed by atoms with E-state index in [0.717, 1.165) is 12.8 Å². The highest BCUT2D eigenvalue weighted by Gasteiger charge is 2.49. The number of hydrogen-bond acceptors (Lipinski definition) is 4. The van der Waals surface area contributed by atoms with Gasteiger partial charge in [0, 0.05) is 4.91 Å². The second-order valence-corrected chi connectivity index (χ2v) is 4.89. The monoisotopic (exact) mass is 275 g/mol. The number of carbonyl (C=O) groups excluding carboxylic acids is 1. The summed E-state index contributed by atoms with van der Waals surface area (Å²) in [6.45, 7) is 1.86. The number of aliphatic hydroxyl groups excluding tert-OH is 1. The quantitative estimate of drug-likeness (QED) is 0.508. The molecule has 2 atom stereocenters. The van der Waals surface area contributed by atoms with Crippen LogP contribution < -0.4 is 4.74 Å². The first-order chi connectivity index (χ1) is 9.65. The van der Waals surface area contributed by atoms with E-state index in [9.17, 15) is 9.90 Å². The van der Waals surface area contributed by atoms with Crippen LogP contribution in [0.2, 0.25) is 0 Å². The lowest BCUT2D eigenvalue weighted by atomic mass is 9.81. The molecule has 1 aliphatic heterocycles. The third kappa shape index (κ3) is 2.35. The van der Waals surface area contributed by atoms with Crippen LogP contribution in [-0.4, -0.2) is 29.1 Å². The molecule has 1 heterocycles. The number of aliphatic hydroxyl groups is 1. The maximum absolute atomic E-state index is 12.6. The Labute approximate surface area is 117 Å². The van der Waals surface area contributed by atoms with Gasteiger partial charge >= 0.3 is 0 Å². The van der Waals surface area contributed by atoms with E-state index in [1.807, 2.05) is 6.92 Å². The van der Waals surface area contributed by atoms with E-state index in [1.54, 1.807) is 24.3 Å². The standard InChI is InChI=1S/C14H17N3O3/c1-2-3-8-12(18)14(16-17-15)9-20-11-7-5-4-6-10(11)13(14)19/h4-7,12,18H,2-3,8-9H2,1H3/t12-,14-/m0/s1. The van der Waals surface area contributed by atoms with Crippen molar-refractivity contribution in [2.24, 2.45) is 5.11 Å². The van der Waals surface area contributed by atoms with Gasteiger partial charge in [0.2, 0.25) is 0 Å². The van der Waals surface area contributed by atoms with Crippen LogP contribution in [0.1, 0.15) is 36.5 Å². The molecule has 6 nitrogen and oxygen atoms in total. The maximum Gasteiger partial charge on any atom is 0.184 e. The topological polar surface area (TPSA) is 95.3 Å². The van der Waals surface area contributed by atoms with Crippen molar-refractivity contribution >= 4 is 5.78 Å². The fourth-order valence-electron chi connectivity index (χ4n) is 2.37. The Morgan fingerprint density at radius 3 is 3.00 bits per heavy atom. The Morgan fingerprint density at radius 2 is 2.30 bits per heavy atom. The van der Waals surface area contributed by atoms with E-state index in [2.05, 4.69) is 10.0 Å². The first-order valence-corrected chi connectivity index (χ1v) is 6.66. The lowest BCUT2D eigenvalue weighted by Gasteiger charge is -2.36. The third-order valence-electron chi connectivity index (χ3n) is 3.58. The first-order valence-electron chi connectivity index (χ1n) is 6.66. The van der Waals surface area contributed by atoms with Crippen molar-refractivity contribution in [3.05, 3.63) is 40.3 Å². The average molecular weight is 275 g/mol. The molecule has 0 fully saturated rings. The summed E-state index contributed by atoms with van der Waals surface area (Å²) in [4.78, 5) is 15.4. The number of ether oxygens (including phenoxy) is 1. The van der Waals surface area contributed by atoms with Gasteiger partial charge in [-0.3, -0.25) is 4.79 Å². The number of rotatable bonds is 5. The zero-order chi connectivity index (χ0) is 14.6. The Bertz CT molecular complexity index is 554. The van der Waals surface area contributed by atoms with Gasteiger partial charge in [0.25, 0.3) is 0 Å². The van der Waals surface area contributed by atoms with Crippen molar-refractivity contribution < 1.29 is 14.6 Å². The highest BCUT2D eigenvalue weighted by molar-refractivity contribution is 6.07. The van der Waals surface area contributed by atoms with E-state index in [0.29, 0.717) is 17.7 Å². The normalized spacial score (nSPS) is 22.4. The smallest absolute Gasteiger partial charge is 0.184 e. The molecule has 0 aromatic heterocycles. The highest BCUT2D eigenvalue weighted by Crippen LogP contribution is 2.35. The molecule has 2 rings (SSSR count). The highest BCUT2D eigenvalue weighted by atomic mass is 16.5. The van der Waals surface area contributed by atoms with E-state index < -0.39 is 11.6 Å². The SMILES string of the molecule is CCCC[C@H](O)[C@@]1(N=[N+]=[N-])COc2ccccc2C1=O. The van der Waals surface area contributed by atoms with Crippen LogP contribution in [0.5, 0.6) is 5.75 Å². The summed E-state index contributed by atoms with van der Waals surface area (Å²) >= 11 is 0. The molecule has 20 heavy (non-hydrogen) atoms. The molecular weight excluding hydrogens is 258 g/mol. The molecule has 0 radical (unpaired) electrons. The number of benzene rings is 1. The van der Waals surface area contributed by atoms with Gasteiger partial charge in [-0.15, -0.1) is 0 Å². The lowest BCUT2D eigenvalue weighted by Crippen LogP contribution is -2.54. The molecule has 1 aliphatic rings. The Morgan fingerprint density at radius 1 is 1.55 bits per heavy atom. The van der Waals surface area contributed by atoms with Crippen LogP contribution in [0.25, 0.3) is 10.4 Å². The second-order valence-electron chi connectivity index (χ2n) is 4.89. The van der Waals surface area contributed by atoms with Crippen LogP contribution in [0, 0.1) is 0 Å². The van der Waals surface area contributed by atoms with Crippen molar-refractivity contribution in [3.8, 4) is 5.75 Å². The van der Waals surface area contributed by atoms with Crippen LogP contribution >= 0.6 is 0 Å². The number of nitrogens with zero attached hydrogens (tertiary/aromatic N) is 3. The molecule has 0 amide bonds. The molecule has 0 spiro atoms. The van der Waals surface area contributed by atoms with Gasteiger partial charge in [-0.1, -0.05) is 37.0 Å². The largest absolute Gasteiger partial charge is 0.492 e. The summed E-state index contributed by atoms with van der Waals surface area (Å²) < 4.78 is 5.52. The summed E-state index contributed by atoms with van der Waals surface area (Å²) in [6, 6.07) is 6.78. The number of fused-ring (bicyclic) bond motifs is 1. The van der Waals surface area contributed by atoms with Gasteiger partial charge in [-0.2, -0.15) is 0 Å². The molecule has 106 valence electrons. The van der Waals surface area contributed by atoms with Crippen molar-refractivity contribution in [2.75, 3.05) is 6.61 Å². The molecule has 0 unspecified atom stereocenters.